The van der Waals surface area contributed by atoms with Crippen molar-refractivity contribution in [2.24, 2.45) is 4.99 Å². The number of nitrogens with zero attached hydrogens (tertiary/aromatic N) is 2. The number of hydrogen-bond donors (Lipinski definition) is 0. The van der Waals surface area contributed by atoms with Gasteiger partial charge in [-0.15, -0.1) is 0 Å². The van der Waals surface area contributed by atoms with Gasteiger partial charge < -0.3 is 9.64 Å². The molecule has 1 unspecified atom stereocenters. The molecule has 130 valence electrons. The van der Waals surface area contributed by atoms with Crippen LogP contribution in [0.2, 0.25) is 5.02 Å². The SMILES string of the molecule is COc1ccc(N2C(=Nc3ccccc3)CC2c2ccc(Cl)cc2)cc1. The molecule has 1 saturated heterocycles. The lowest BCUT2D eigenvalue weighted by molar-refractivity contribution is 0.415. The fourth-order valence-corrected chi connectivity index (χ4v) is 3.33. The fourth-order valence-electron chi connectivity index (χ4n) is 3.20. The van der Waals surface area contributed by atoms with Crippen molar-refractivity contribution in [1.82, 2.24) is 0 Å². The minimum atomic E-state index is 0.253. The molecule has 1 fully saturated rings. The molecule has 3 aromatic rings. The van der Waals surface area contributed by atoms with E-state index in [0.29, 0.717) is 0 Å². The topological polar surface area (TPSA) is 24.8 Å². The summed E-state index contributed by atoms with van der Waals surface area (Å²) < 4.78 is 5.28. The average Bonchev–Trinajstić information content (AvgIpc) is 2.67. The van der Waals surface area contributed by atoms with E-state index >= 15 is 0 Å². The summed E-state index contributed by atoms with van der Waals surface area (Å²) in [7, 11) is 1.68. The van der Waals surface area contributed by atoms with Gasteiger partial charge in [0, 0.05) is 17.1 Å². The molecular weight excluding hydrogens is 344 g/mol. The average molecular weight is 363 g/mol. The summed E-state index contributed by atoms with van der Waals surface area (Å²) in [6, 6.07) is 26.5. The van der Waals surface area contributed by atoms with Crippen molar-refractivity contribution >= 4 is 28.8 Å². The lowest BCUT2D eigenvalue weighted by Gasteiger charge is -2.44. The van der Waals surface area contributed by atoms with Gasteiger partial charge in [0.05, 0.1) is 18.8 Å². The standard InChI is InChI=1S/C22H19ClN2O/c1-26-20-13-11-19(12-14-20)25-21(16-7-9-17(23)10-8-16)15-22(25)24-18-5-3-2-4-6-18/h2-14,21H,15H2,1H3. The van der Waals surface area contributed by atoms with Crippen LogP contribution in [-0.4, -0.2) is 12.9 Å². The number of methoxy groups -OCH3 is 1. The van der Waals surface area contributed by atoms with Crippen LogP contribution in [0.25, 0.3) is 0 Å². The van der Waals surface area contributed by atoms with E-state index < -0.39 is 0 Å². The quantitative estimate of drug-likeness (QED) is 0.566. The Morgan fingerprint density at radius 3 is 2.27 bits per heavy atom. The first-order chi connectivity index (χ1) is 12.7. The lowest BCUT2D eigenvalue weighted by atomic mass is 9.92. The molecule has 4 heteroatoms. The highest BCUT2D eigenvalue weighted by Crippen LogP contribution is 2.41. The van der Waals surface area contributed by atoms with Crippen molar-refractivity contribution in [2.45, 2.75) is 12.5 Å². The van der Waals surface area contributed by atoms with Crippen molar-refractivity contribution < 1.29 is 4.74 Å². The minimum absolute atomic E-state index is 0.253. The molecule has 0 radical (unpaired) electrons. The molecule has 0 aliphatic carbocycles. The Hall–Kier alpha value is -2.78. The summed E-state index contributed by atoms with van der Waals surface area (Å²) in [5, 5.41) is 0.752. The van der Waals surface area contributed by atoms with E-state index in [1.165, 1.54) is 5.56 Å². The van der Waals surface area contributed by atoms with Gasteiger partial charge in [0.2, 0.25) is 0 Å². The second kappa shape index (κ2) is 7.22. The predicted octanol–water partition coefficient (Wildman–Crippen LogP) is 6.03. The zero-order valence-corrected chi connectivity index (χ0v) is 15.2. The molecule has 1 aliphatic heterocycles. The van der Waals surface area contributed by atoms with Gasteiger partial charge in [0.15, 0.2) is 0 Å². The Morgan fingerprint density at radius 1 is 0.923 bits per heavy atom. The first-order valence-electron chi connectivity index (χ1n) is 8.56. The molecule has 0 amide bonds. The molecule has 0 bridgehead atoms. The summed E-state index contributed by atoms with van der Waals surface area (Å²) in [5.41, 5.74) is 3.31. The van der Waals surface area contributed by atoms with Crippen molar-refractivity contribution in [3.63, 3.8) is 0 Å². The van der Waals surface area contributed by atoms with Crippen molar-refractivity contribution in [2.75, 3.05) is 12.0 Å². The van der Waals surface area contributed by atoms with E-state index in [9.17, 15) is 0 Å². The Balaban J connectivity index is 1.69. The Labute approximate surface area is 158 Å². The van der Waals surface area contributed by atoms with E-state index in [1.807, 2.05) is 54.6 Å². The van der Waals surface area contributed by atoms with Crippen LogP contribution < -0.4 is 9.64 Å². The number of rotatable bonds is 4. The number of ether oxygens (including phenoxy) is 1. The third-order valence-electron chi connectivity index (χ3n) is 4.59. The normalized spacial score (nSPS) is 17.8. The van der Waals surface area contributed by atoms with Gasteiger partial charge >= 0.3 is 0 Å². The largest absolute Gasteiger partial charge is 0.497 e. The summed E-state index contributed by atoms with van der Waals surface area (Å²) in [6.07, 6.45) is 0.891. The zero-order chi connectivity index (χ0) is 17.9. The van der Waals surface area contributed by atoms with E-state index in [2.05, 4.69) is 29.2 Å². The number of amidine groups is 1. The maximum absolute atomic E-state index is 6.05. The summed E-state index contributed by atoms with van der Waals surface area (Å²) >= 11 is 6.05. The van der Waals surface area contributed by atoms with Crippen molar-refractivity contribution in [3.8, 4) is 5.75 Å². The Morgan fingerprint density at radius 2 is 1.62 bits per heavy atom. The van der Waals surface area contributed by atoms with Gasteiger partial charge in [-0.3, -0.25) is 0 Å². The van der Waals surface area contributed by atoms with Crippen LogP contribution in [0.5, 0.6) is 5.75 Å². The van der Waals surface area contributed by atoms with Crippen LogP contribution in [-0.2, 0) is 0 Å². The summed E-state index contributed by atoms with van der Waals surface area (Å²) in [4.78, 5) is 7.12. The highest BCUT2D eigenvalue weighted by molar-refractivity contribution is 6.30. The lowest BCUT2D eigenvalue weighted by Crippen LogP contribution is -2.46. The van der Waals surface area contributed by atoms with E-state index in [1.54, 1.807) is 7.11 Å². The highest BCUT2D eigenvalue weighted by atomic mass is 35.5. The molecule has 1 aliphatic rings. The van der Waals surface area contributed by atoms with Gasteiger partial charge in [-0.25, -0.2) is 4.99 Å². The van der Waals surface area contributed by atoms with Gasteiger partial charge in [0.25, 0.3) is 0 Å². The molecule has 3 nitrogen and oxygen atoms in total. The maximum Gasteiger partial charge on any atom is 0.119 e. The van der Waals surface area contributed by atoms with E-state index in [4.69, 9.17) is 21.3 Å². The first-order valence-corrected chi connectivity index (χ1v) is 8.94. The monoisotopic (exact) mass is 362 g/mol. The van der Waals surface area contributed by atoms with Crippen LogP contribution >= 0.6 is 11.6 Å². The number of halogens is 1. The molecule has 26 heavy (non-hydrogen) atoms. The van der Waals surface area contributed by atoms with Gasteiger partial charge in [-0.2, -0.15) is 0 Å². The second-order valence-electron chi connectivity index (χ2n) is 6.20. The molecule has 0 saturated carbocycles. The van der Waals surface area contributed by atoms with Crippen LogP contribution in [0.15, 0.2) is 83.9 Å². The number of para-hydroxylation sites is 1. The number of hydrogen-bond acceptors (Lipinski definition) is 2. The molecular formula is C22H19ClN2O. The van der Waals surface area contributed by atoms with E-state index in [0.717, 1.165) is 34.4 Å². The summed E-state index contributed by atoms with van der Waals surface area (Å²) in [6.45, 7) is 0. The Bertz CT molecular complexity index is 905. The molecule has 4 rings (SSSR count). The maximum atomic E-state index is 6.05. The van der Waals surface area contributed by atoms with Gasteiger partial charge in [-0.1, -0.05) is 41.9 Å². The van der Waals surface area contributed by atoms with Crippen molar-refractivity contribution in [1.29, 1.82) is 0 Å². The molecule has 1 heterocycles. The van der Waals surface area contributed by atoms with Crippen LogP contribution in [0, 0.1) is 0 Å². The molecule has 0 aromatic heterocycles. The van der Waals surface area contributed by atoms with Crippen LogP contribution in [0.4, 0.5) is 11.4 Å². The molecule has 1 atom stereocenters. The van der Waals surface area contributed by atoms with Crippen molar-refractivity contribution in [3.05, 3.63) is 89.4 Å². The summed E-state index contributed by atoms with van der Waals surface area (Å²) in [5.74, 6) is 1.90. The predicted molar refractivity (Wildman–Crippen MR) is 108 cm³/mol. The first kappa shape index (κ1) is 16.7. The Kier molecular flexibility index (Phi) is 4.63. The fraction of sp³-hybridized carbons (Fsp3) is 0.136. The minimum Gasteiger partial charge on any atom is -0.497 e. The van der Waals surface area contributed by atoms with Crippen LogP contribution in [0.3, 0.4) is 0 Å². The van der Waals surface area contributed by atoms with Gasteiger partial charge in [0.1, 0.15) is 11.6 Å². The molecule has 0 spiro atoms. The third-order valence-corrected chi connectivity index (χ3v) is 4.84. The van der Waals surface area contributed by atoms with Gasteiger partial charge in [-0.05, 0) is 54.1 Å². The second-order valence-corrected chi connectivity index (χ2v) is 6.64. The number of benzene rings is 3. The number of aliphatic imine (C=N–C) groups is 1. The highest BCUT2D eigenvalue weighted by Gasteiger charge is 2.36. The number of anilines is 1. The van der Waals surface area contributed by atoms with Crippen LogP contribution in [0.1, 0.15) is 18.0 Å². The molecule has 0 N–H and O–H groups in total. The molecule has 3 aromatic carbocycles. The van der Waals surface area contributed by atoms with E-state index in [-0.39, 0.29) is 6.04 Å². The smallest absolute Gasteiger partial charge is 0.119 e. The third kappa shape index (κ3) is 3.31. The zero-order valence-electron chi connectivity index (χ0n) is 14.5.